The van der Waals surface area contributed by atoms with Crippen molar-refractivity contribution in [3.05, 3.63) is 158 Å². The number of allylic oxidation sites excluding steroid dienone is 26. The number of hydrogen-bond acceptors (Lipinski definition) is 6. The normalized spacial score (nSPS) is 13.3. The Kier molecular flexibility index (Phi) is 57.5. The highest BCUT2D eigenvalue weighted by Crippen LogP contribution is 2.12. The lowest BCUT2D eigenvalue weighted by atomic mass is 10.1. The second kappa shape index (κ2) is 61.6. The number of hydrogen-bond donors (Lipinski definition) is 0. The molecule has 420 valence electrons. The molecule has 0 heterocycles. The smallest absolute Gasteiger partial charge is 0.306 e. The van der Waals surface area contributed by atoms with Gasteiger partial charge < -0.3 is 14.2 Å². The molecule has 6 heteroatoms. The van der Waals surface area contributed by atoms with E-state index in [9.17, 15) is 14.4 Å². The first-order chi connectivity index (χ1) is 37.0. The molecular weight excluding hydrogens is 925 g/mol. The summed E-state index contributed by atoms with van der Waals surface area (Å²) in [6.45, 7) is 6.31. The fourth-order valence-electron chi connectivity index (χ4n) is 7.57. The highest BCUT2D eigenvalue weighted by molar-refractivity contribution is 5.71. The van der Waals surface area contributed by atoms with E-state index in [2.05, 4.69) is 179 Å². The van der Waals surface area contributed by atoms with Crippen LogP contribution in [0, 0.1) is 0 Å². The Morgan fingerprint density at radius 2 is 0.533 bits per heavy atom. The van der Waals surface area contributed by atoms with Gasteiger partial charge >= 0.3 is 17.9 Å². The lowest BCUT2D eigenvalue weighted by molar-refractivity contribution is -0.167. The molecule has 0 amide bonds. The summed E-state index contributed by atoms with van der Waals surface area (Å²) in [5, 5.41) is 0. The number of rotatable bonds is 52. The van der Waals surface area contributed by atoms with Crippen LogP contribution < -0.4 is 0 Å². The third kappa shape index (κ3) is 59.8. The Hall–Kier alpha value is -4.97. The minimum Gasteiger partial charge on any atom is -0.462 e. The van der Waals surface area contributed by atoms with Crippen molar-refractivity contribution < 1.29 is 28.6 Å². The van der Waals surface area contributed by atoms with E-state index < -0.39 is 6.10 Å². The van der Waals surface area contributed by atoms with Crippen molar-refractivity contribution in [2.75, 3.05) is 13.2 Å². The van der Waals surface area contributed by atoms with Gasteiger partial charge in [0.2, 0.25) is 0 Å². The van der Waals surface area contributed by atoms with Crippen molar-refractivity contribution in [3.63, 3.8) is 0 Å². The summed E-state index contributed by atoms with van der Waals surface area (Å²) in [6.07, 6.45) is 89.6. The molecule has 0 saturated heterocycles. The van der Waals surface area contributed by atoms with Gasteiger partial charge in [-0.3, -0.25) is 14.4 Å². The summed E-state index contributed by atoms with van der Waals surface area (Å²) in [4.78, 5) is 38.2. The molecule has 0 aromatic heterocycles. The molecule has 0 spiro atoms. The van der Waals surface area contributed by atoms with Gasteiger partial charge in [0, 0.05) is 19.3 Å². The first-order valence-electron chi connectivity index (χ1n) is 30.0. The number of ether oxygens (including phenoxy) is 3. The number of unbranched alkanes of at least 4 members (excludes halogenated alkanes) is 15. The van der Waals surface area contributed by atoms with Crippen LogP contribution in [0.25, 0.3) is 0 Å². The summed E-state index contributed by atoms with van der Waals surface area (Å²) in [6, 6.07) is 0. The lowest BCUT2D eigenvalue weighted by Gasteiger charge is -2.18. The van der Waals surface area contributed by atoms with Crippen LogP contribution in [0.5, 0.6) is 0 Å². The first kappa shape index (κ1) is 70.0. The molecule has 0 rings (SSSR count). The molecule has 1 unspecified atom stereocenters. The van der Waals surface area contributed by atoms with Crippen LogP contribution in [0.1, 0.15) is 239 Å². The molecule has 0 fully saturated rings. The van der Waals surface area contributed by atoms with E-state index in [1.54, 1.807) is 0 Å². The predicted octanol–water partition coefficient (Wildman–Crippen LogP) is 20.5. The first-order valence-corrected chi connectivity index (χ1v) is 30.0. The summed E-state index contributed by atoms with van der Waals surface area (Å²) in [5.41, 5.74) is 0. The molecule has 0 aromatic carbocycles. The Labute approximate surface area is 460 Å². The van der Waals surface area contributed by atoms with Crippen LogP contribution in [0.2, 0.25) is 0 Å². The molecule has 0 aliphatic rings. The van der Waals surface area contributed by atoms with Crippen LogP contribution in [0.3, 0.4) is 0 Å². The minimum atomic E-state index is -0.834. The van der Waals surface area contributed by atoms with Crippen LogP contribution in [0.15, 0.2) is 158 Å². The zero-order valence-corrected chi connectivity index (χ0v) is 48.0. The predicted molar refractivity (Wildman–Crippen MR) is 325 cm³/mol. The van der Waals surface area contributed by atoms with Crippen molar-refractivity contribution >= 4 is 17.9 Å². The summed E-state index contributed by atoms with van der Waals surface area (Å²) < 4.78 is 16.8. The van der Waals surface area contributed by atoms with Crippen molar-refractivity contribution in [1.29, 1.82) is 0 Å². The van der Waals surface area contributed by atoms with E-state index in [4.69, 9.17) is 14.2 Å². The van der Waals surface area contributed by atoms with Gasteiger partial charge in [0.25, 0.3) is 0 Å². The zero-order chi connectivity index (χ0) is 54.3. The Bertz CT molecular complexity index is 1710. The van der Waals surface area contributed by atoms with Crippen LogP contribution >= 0.6 is 0 Å². The molecule has 0 aliphatic carbocycles. The molecule has 1 atom stereocenters. The maximum absolute atomic E-state index is 12.9. The van der Waals surface area contributed by atoms with Gasteiger partial charge in [-0.25, -0.2) is 0 Å². The van der Waals surface area contributed by atoms with Gasteiger partial charge in [0.1, 0.15) is 13.2 Å². The molecule has 0 saturated carbocycles. The van der Waals surface area contributed by atoms with E-state index in [1.807, 2.05) is 0 Å². The van der Waals surface area contributed by atoms with Crippen molar-refractivity contribution in [3.8, 4) is 0 Å². The van der Waals surface area contributed by atoms with Gasteiger partial charge in [-0.2, -0.15) is 0 Å². The number of carbonyl (C=O) groups excluding carboxylic acids is 3. The maximum Gasteiger partial charge on any atom is 0.306 e. The fourth-order valence-corrected chi connectivity index (χ4v) is 7.57. The Balaban J connectivity index is 4.55. The quantitative estimate of drug-likeness (QED) is 0.0261. The van der Waals surface area contributed by atoms with Crippen LogP contribution in [-0.2, 0) is 28.6 Å². The van der Waals surface area contributed by atoms with Gasteiger partial charge in [0.15, 0.2) is 6.10 Å². The molecule has 0 aromatic rings. The highest BCUT2D eigenvalue weighted by atomic mass is 16.6. The summed E-state index contributed by atoms with van der Waals surface area (Å²) in [5.74, 6) is -1.03. The van der Waals surface area contributed by atoms with Gasteiger partial charge in [-0.1, -0.05) is 237 Å². The standard InChI is InChI=1S/C69H108O6/c1-4-7-10-13-16-19-22-25-28-30-31-32-33-34-35-36-37-39-41-44-47-50-53-56-59-62-68(71)74-65-66(64-73-67(70)61-58-55-52-49-46-43-40-27-24-21-18-15-12-9-6-3)75-69(72)63-60-57-54-51-48-45-42-38-29-26-23-20-17-14-11-8-5-2/h7-8,10-11,16-17,19-20,25-29,31-32,34-35,37,39-40,42,44-45,47,51,54,66H,4-6,9,12-15,18,21-24,30,33,36,38,41,43,46,48-50,52-53,55-65H2,1-3H3/b10-7-,11-8-,19-16-,20-17-,28-25-,29-26-,32-31-,35-34-,39-37-,40-27-,45-42-,47-44-,54-51-. The third-order valence-electron chi connectivity index (χ3n) is 12.0. The van der Waals surface area contributed by atoms with Crippen molar-refractivity contribution in [2.24, 2.45) is 0 Å². The summed E-state index contributed by atoms with van der Waals surface area (Å²) >= 11 is 0. The molecule has 0 N–H and O–H groups in total. The monoisotopic (exact) mass is 1030 g/mol. The summed E-state index contributed by atoms with van der Waals surface area (Å²) in [7, 11) is 0. The molecular formula is C69H108O6. The van der Waals surface area contributed by atoms with E-state index in [-0.39, 0.29) is 37.5 Å². The van der Waals surface area contributed by atoms with Crippen molar-refractivity contribution in [2.45, 2.75) is 245 Å². The molecule has 0 bridgehead atoms. The molecule has 6 nitrogen and oxygen atoms in total. The van der Waals surface area contributed by atoms with Crippen LogP contribution in [0.4, 0.5) is 0 Å². The fraction of sp³-hybridized carbons (Fsp3) is 0.580. The number of esters is 3. The van der Waals surface area contributed by atoms with Crippen LogP contribution in [-0.4, -0.2) is 37.2 Å². The topological polar surface area (TPSA) is 78.9 Å². The lowest BCUT2D eigenvalue weighted by Crippen LogP contribution is -2.30. The second-order valence-electron chi connectivity index (χ2n) is 19.1. The van der Waals surface area contributed by atoms with E-state index in [1.165, 1.54) is 51.4 Å². The van der Waals surface area contributed by atoms with E-state index >= 15 is 0 Å². The SMILES string of the molecule is CC/C=C\C/C=C\C/C=C\C/C=C\C/C=C\C/C=C\C/C=C\CCCCCC(=O)OCC(COC(=O)CCCCCCC/C=C\CCCCCCCC)OC(=O)CCC/C=C\C/C=C\C/C=C\C/C=C\C/C=C\CC. The van der Waals surface area contributed by atoms with E-state index in [0.29, 0.717) is 19.3 Å². The van der Waals surface area contributed by atoms with Gasteiger partial charge in [0.05, 0.1) is 0 Å². The third-order valence-corrected chi connectivity index (χ3v) is 12.0. The number of carbonyl (C=O) groups is 3. The highest BCUT2D eigenvalue weighted by Gasteiger charge is 2.19. The largest absolute Gasteiger partial charge is 0.462 e. The second-order valence-corrected chi connectivity index (χ2v) is 19.1. The maximum atomic E-state index is 12.9. The van der Waals surface area contributed by atoms with Gasteiger partial charge in [-0.15, -0.1) is 0 Å². The average molecular weight is 1030 g/mol. The minimum absolute atomic E-state index is 0.122. The Morgan fingerprint density at radius 3 is 0.880 bits per heavy atom. The average Bonchev–Trinajstić information content (AvgIpc) is 3.41. The Morgan fingerprint density at radius 1 is 0.280 bits per heavy atom. The van der Waals surface area contributed by atoms with Crippen molar-refractivity contribution in [1.82, 2.24) is 0 Å². The van der Waals surface area contributed by atoms with E-state index in [0.717, 1.165) is 141 Å². The van der Waals surface area contributed by atoms with Gasteiger partial charge in [-0.05, 0) is 141 Å². The molecule has 0 radical (unpaired) electrons. The zero-order valence-electron chi connectivity index (χ0n) is 48.0. The molecule has 0 aliphatic heterocycles. The molecule has 75 heavy (non-hydrogen) atoms.